The molecule has 0 saturated carbocycles. The number of Topliss-reactive ketones (excluding diaryl/α,β-unsaturated/α-hetero) is 1. The molecule has 7 nitrogen and oxygen atoms in total. The van der Waals surface area contributed by atoms with E-state index in [0.717, 1.165) is 44.9 Å². The summed E-state index contributed by atoms with van der Waals surface area (Å²) in [7, 11) is 1.45. The average molecular weight is 572 g/mol. The van der Waals surface area contributed by atoms with E-state index in [-0.39, 0.29) is 23.8 Å². The summed E-state index contributed by atoms with van der Waals surface area (Å²) in [5.41, 5.74) is 0. The number of hydrogen-bond acceptors (Lipinski definition) is 6. The van der Waals surface area contributed by atoms with Crippen LogP contribution in [0.3, 0.4) is 0 Å². The van der Waals surface area contributed by atoms with Gasteiger partial charge < -0.3 is 19.6 Å². The van der Waals surface area contributed by atoms with Gasteiger partial charge in [0.15, 0.2) is 0 Å². The fourth-order valence-electron chi connectivity index (χ4n) is 4.05. The molecule has 0 saturated heterocycles. The highest BCUT2D eigenvalue weighted by molar-refractivity contribution is 5.83. The predicted octanol–water partition coefficient (Wildman–Crippen LogP) is 8.22. The first kappa shape index (κ1) is 42.5. The Morgan fingerprint density at radius 2 is 1.18 bits per heavy atom. The number of nitrogens with one attached hydrogen (secondary N) is 1. The molecule has 0 aliphatic rings. The number of carbonyl (C=O) groups excluding carboxylic acids is 4. The minimum atomic E-state index is -0.506. The first-order chi connectivity index (χ1) is 18.9. The molecule has 2 unspecified atom stereocenters. The fourth-order valence-corrected chi connectivity index (χ4v) is 4.05. The molecule has 0 aromatic heterocycles. The van der Waals surface area contributed by atoms with Crippen LogP contribution in [0, 0.1) is 17.8 Å². The zero-order valence-electron chi connectivity index (χ0n) is 27.9. The maximum absolute atomic E-state index is 11.8. The molecule has 0 aliphatic carbocycles. The Labute approximate surface area is 247 Å². The Bertz CT molecular complexity index is 632. The Morgan fingerprint density at radius 1 is 0.675 bits per heavy atom. The van der Waals surface area contributed by atoms with Crippen molar-refractivity contribution in [2.45, 2.75) is 158 Å². The van der Waals surface area contributed by atoms with Crippen LogP contribution in [0.25, 0.3) is 0 Å². The van der Waals surface area contributed by atoms with E-state index in [4.69, 9.17) is 4.74 Å². The molecule has 0 radical (unpaired) electrons. The van der Waals surface area contributed by atoms with E-state index in [1.165, 1.54) is 52.6 Å². The number of ketones is 1. The third kappa shape index (κ3) is 32.3. The van der Waals surface area contributed by atoms with Crippen molar-refractivity contribution in [1.82, 2.24) is 5.32 Å². The highest BCUT2D eigenvalue weighted by Crippen LogP contribution is 2.16. The SMILES string of the molecule is CCC(CC(C)C)C(=O)OC.CCCCCCCCC(C)=O.CCCCCCOC(=O)C(CC(C)C)NC(C)=O. The Hall–Kier alpha value is -1.92. The summed E-state index contributed by atoms with van der Waals surface area (Å²) in [6.45, 7) is 18.2. The van der Waals surface area contributed by atoms with E-state index in [9.17, 15) is 19.2 Å². The van der Waals surface area contributed by atoms with E-state index in [1.807, 2.05) is 20.8 Å². The monoisotopic (exact) mass is 571 g/mol. The van der Waals surface area contributed by atoms with Crippen LogP contribution in [-0.4, -0.2) is 43.4 Å². The molecular formula is C33H65NO6. The third-order valence-corrected chi connectivity index (χ3v) is 6.28. The second-order valence-electron chi connectivity index (χ2n) is 11.6. The minimum Gasteiger partial charge on any atom is -0.469 e. The zero-order chi connectivity index (χ0) is 31.3. The van der Waals surface area contributed by atoms with Gasteiger partial charge in [-0.05, 0) is 50.9 Å². The average Bonchev–Trinajstić information content (AvgIpc) is 2.88. The van der Waals surface area contributed by atoms with Gasteiger partial charge in [0.1, 0.15) is 11.8 Å². The number of unbranched alkanes of at least 4 members (excludes halogenated alkanes) is 8. The summed E-state index contributed by atoms with van der Waals surface area (Å²) in [5, 5.41) is 2.65. The van der Waals surface area contributed by atoms with Gasteiger partial charge in [0, 0.05) is 13.3 Å². The summed E-state index contributed by atoms with van der Waals surface area (Å²) in [6.07, 6.45) is 15.1. The normalized spacial score (nSPS) is 11.9. The molecule has 0 aliphatic heterocycles. The molecule has 0 fully saturated rings. The van der Waals surface area contributed by atoms with Gasteiger partial charge >= 0.3 is 11.9 Å². The van der Waals surface area contributed by atoms with Gasteiger partial charge in [0.2, 0.25) is 5.91 Å². The topological polar surface area (TPSA) is 98.8 Å². The first-order valence-electron chi connectivity index (χ1n) is 15.9. The summed E-state index contributed by atoms with van der Waals surface area (Å²) < 4.78 is 9.86. The zero-order valence-corrected chi connectivity index (χ0v) is 27.9. The Balaban J connectivity index is -0.000000541. The van der Waals surface area contributed by atoms with Gasteiger partial charge in [0.25, 0.3) is 0 Å². The molecule has 0 aromatic rings. The molecule has 0 rings (SSSR count). The molecule has 0 spiro atoms. The van der Waals surface area contributed by atoms with Crippen molar-refractivity contribution >= 4 is 23.6 Å². The second kappa shape index (κ2) is 30.0. The Morgan fingerprint density at radius 3 is 1.60 bits per heavy atom. The highest BCUT2D eigenvalue weighted by atomic mass is 16.5. The first-order valence-corrected chi connectivity index (χ1v) is 15.9. The van der Waals surface area contributed by atoms with Crippen molar-refractivity contribution in [3.05, 3.63) is 0 Å². The van der Waals surface area contributed by atoms with Gasteiger partial charge in [0.05, 0.1) is 19.6 Å². The van der Waals surface area contributed by atoms with Crippen molar-refractivity contribution < 1.29 is 28.7 Å². The van der Waals surface area contributed by atoms with Crippen LogP contribution in [0.1, 0.15) is 152 Å². The van der Waals surface area contributed by atoms with Gasteiger partial charge in [-0.2, -0.15) is 0 Å². The molecule has 0 heterocycles. The molecule has 1 N–H and O–H groups in total. The van der Waals surface area contributed by atoms with E-state index in [1.54, 1.807) is 6.92 Å². The van der Waals surface area contributed by atoms with E-state index in [2.05, 4.69) is 37.7 Å². The molecule has 0 aromatic carbocycles. The second-order valence-corrected chi connectivity index (χ2v) is 11.6. The van der Waals surface area contributed by atoms with E-state index < -0.39 is 6.04 Å². The number of ether oxygens (including phenoxy) is 2. The van der Waals surface area contributed by atoms with Crippen LogP contribution in [0.2, 0.25) is 0 Å². The van der Waals surface area contributed by atoms with E-state index >= 15 is 0 Å². The Kier molecular flexibility index (Phi) is 32.0. The molecule has 1 amide bonds. The maximum Gasteiger partial charge on any atom is 0.328 e. The molecule has 238 valence electrons. The third-order valence-electron chi connectivity index (χ3n) is 6.28. The lowest BCUT2D eigenvalue weighted by molar-refractivity contribution is -0.148. The van der Waals surface area contributed by atoms with Gasteiger partial charge in [-0.15, -0.1) is 0 Å². The van der Waals surface area contributed by atoms with Crippen LogP contribution < -0.4 is 5.32 Å². The summed E-state index contributed by atoms with van der Waals surface area (Å²) in [5.74, 6) is 0.772. The summed E-state index contributed by atoms with van der Waals surface area (Å²) in [6, 6.07) is -0.506. The number of hydrogen-bond donors (Lipinski definition) is 1. The number of esters is 2. The summed E-state index contributed by atoms with van der Waals surface area (Å²) >= 11 is 0. The number of amides is 1. The molecular weight excluding hydrogens is 506 g/mol. The minimum absolute atomic E-state index is 0.0683. The van der Waals surface area contributed by atoms with Gasteiger partial charge in [-0.25, -0.2) is 4.79 Å². The van der Waals surface area contributed by atoms with Crippen molar-refractivity contribution in [2.75, 3.05) is 13.7 Å². The molecule has 40 heavy (non-hydrogen) atoms. The predicted molar refractivity (Wildman–Crippen MR) is 166 cm³/mol. The quantitative estimate of drug-likeness (QED) is 0.117. The van der Waals surface area contributed by atoms with Gasteiger partial charge in [-0.1, -0.05) is 99.8 Å². The molecule has 0 bridgehead atoms. The van der Waals surface area contributed by atoms with Crippen molar-refractivity contribution in [3.63, 3.8) is 0 Å². The van der Waals surface area contributed by atoms with Crippen LogP contribution >= 0.6 is 0 Å². The standard InChI is InChI=1S/C14H27NO3.C10H20O.C9H18O2/c1-5-6-7-8-9-18-14(17)13(10-11(2)3)15-12(4)16;1-3-4-5-6-7-8-9-10(2)11;1-5-8(6-7(2)3)9(10)11-4/h11,13H,5-10H2,1-4H3,(H,15,16);3-9H2,1-2H3;7-8H,5-6H2,1-4H3. The number of methoxy groups -OCH3 is 1. The lowest BCUT2D eigenvalue weighted by Crippen LogP contribution is -2.41. The van der Waals surface area contributed by atoms with Crippen LogP contribution in [-0.2, 0) is 28.7 Å². The fraction of sp³-hybridized carbons (Fsp3) is 0.879. The van der Waals surface area contributed by atoms with Crippen molar-refractivity contribution in [2.24, 2.45) is 17.8 Å². The highest BCUT2D eigenvalue weighted by Gasteiger charge is 2.22. The van der Waals surface area contributed by atoms with Gasteiger partial charge in [-0.3, -0.25) is 9.59 Å². The lowest BCUT2D eigenvalue weighted by Gasteiger charge is -2.18. The summed E-state index contributed by atoms with van der Waals surface area (Å²) in [4.78, 5) is 44.4. The smallest absolute Gasteiger partial charge is 0.328 e. The van der Waals surface area contributed by atoms with Crippen LogP contribution in [0.5, 0.6) is 0 Å². The number of carbonyl (C=O) groups is 4. The van der Waals surface area contributed by atoms with Crippen molar-refractivity contribution in [1.29, 1.82) is 0 Å². The lowest BCUT2D eigenvalue weighted by atomic mass is 9.95. The molecule has 2 atom stereocenters. The van der Waals surface area contributed by atoms with Crippen LogP contribution in [0.4, 0.5) is 0 Å². The molecule has 7 heteroatoms. The van der Waals surface area contributed by atoms with Crippen molar-refractivity contribution in [3.8, 4) is 0 Å². The largest absolute Gasteiger partial charge is 0.469 e. The van der Waals surface area contributed by atoms with Crippen LogP contribution in [0.15, 0.2) is 0 Å². The van der Waals surface area contributed by atoms with E-state index in [0.29, 0.717) is 30.6 Å². The number of rotatable bonds is 20. The maximum atomic E-state index is 11.8.